The highest BCUT2D eigenvalue weighted by atomic mass is 16.4. The number of nitrogens with one attached hydrogen (secondary N) is 2. The van der Waals surface area contributed by atoms with Crippen LogP contribution in [-0.2, 0) is 7.05 Å². The zero-order valence-electron chi connectivity index (χ0n) is 16.9. The third-order valence-corrected chi connectivity index (χ3v) is 5.47. The molecule has 2 atom stereocenters. The summed E-state index contributed by atoms with van der Waals surface area (Å²) in [6.07, 6.45) is 3.22. The molecule has 2 unspecified atom stereocenters. The third-order valence-electron chi connectivity index (χ3n) is 5.47. The number of hydrogen-bond acceptors (Lipinski definition) is 5. The van der Waals surface area contributed by atoms with E-state index in [1.54, 1.807) is 6.20 Å². The number of anilines is 1. The van der Waals surface area contributed by atoms with Crippen LogP contribution in [0.4, 0.5) is 10.7 Å². The number of benzene rings is 1. The second kappa shape index (κ2) is 7.69. The van der Waals surface area contributed by atoms with Crippen molar-refractivity contribution < 1.29 is 9.90 Å². The molecule has 29 heavy (non-hydrogen) atoms. The first-order valence-electron chi connectivity index (χ1n) is 9.96. The number of fused-ring (bicyclic) bond motifs is 1. The average Bonchev–Trinajstić information content (AvgIpc) is 3.23. The van der Waals surface area contributed by atoms with Crippen molar-refractivity contribution in [3.8, 4) is 11.3 Å². The van der Waals surface area contributed by atoms with E-state index in [-0.39, 0.29) is 12.1 Å². The Balaban J connectivity index is 1.56. The van der Waals surface area contributed by atoms with E-state index in [0.29, 0.717) is 11.9 Å². The number of rotatable bonds is 5. The maximum Gasteiger partial charge on any atom is 0.404 e. The van der Waals surface area contributed by atoms with Gasteiger partial charge in [-0.05, 0) is 43.4 Å². The monoisotopic (exact) mass is 394 g/mol. The number of carboxylic acid groups (broad SMARTS) is 1. The summed E-state index contributed by atoms with van der Waals surface area (Å²) in [5.74, 6) is 0.941. The molecule has 0 saturated heterocycles. The minimum absolute atomic E-state index is 0.0179. The van der Waals surface area contributed by atoms with Crippen molar-refractivity contribution in [2.75, 3.05) is 5.32 Å². The first kappa shape index (κ1) is 19.2. The Morgan fingerprint density at radius 3 is 2.79 bits per heavy atom. The largest absolute Gasteiger partial charge is 0.465 e. The van der Waals surface area contributed by atoms with Gasteiger partial charge < -0.3 is 15.7 Å². The molecule has 8 heteroatoms. The van der Waals surface area contributed by atoms with Gasteiger partial charge in [-0.2, -0.15) is 5.10 Å². The molecule has 0 aliphatic heterocycles. The first-order valence-corrected chi connectivity index (χ1v) is 9.96. The van der Waals surface area contributed by atoms with Crippen LogP contribution in [0.3, 0.4) is 0 Å². The molecular weight excluding hydrogens is 368 g/mol. The summed E-state index contributed by atoms with van der Waals surface area (Å²) >= 11 is 0. The summed E-state index contributed by atoms with van der Waals surface area (Å²) in [4.78, 5) is 19.9. The number of aryl methyl sites for hydroxylation is 1. The van der Waals surface area contributed by atoms with Gasteiger partial charge in [0.15, 0.2) is 0 Å². The van der Waals surface area contributed by atoms with Gasteiger partial charge in [0, 0.05) is 42.0 Å². The molecule has 1 aromatic carbocycles. The molecule has 1 aliphatic carbocycles. The molecule has 0 bridgehead atoms. The van der Waals surface area contributed by atoms with E-state index < -0.39 is 6.09 Å². The number of carbonyl (C=O) groups is 1. The smallest absolute Gasteiger partial charge is 0.404 e. The lowest BCUT2D eigenvalue weighted by molar-refractivity contribution is 0.190. The van der Waals surface area contributed by atoms with Crippen LogP contribution in [0.1, 0.15) is 44.7 Å². The Hall–Kier alpha value is -3.16. The minimum atomic E-state index is -0.972. The molecule has 8 nitrogen and oxygen atoms in total. The molecule has 2 heterocycles. The molecule has 152 valence electrons. The second-order valence-corrected chi connectivity index (χ2v) is 7.96. The molecule has 3 N–H and O–H groups in total. The van der Waals surface area contributed by atoms with E-state index in [4.69, 9.17) is 10.1 Å². The SMILES string of the molecule is CC(C)c1c2cc(-c3ccnc(NC4CCC(NC(=O)O)C4)n3)ccc2nn1C. The van der Waals surface area contributed by atoms with Gasteiger partial charge in [-0.25, -0.2) is 14.8 Å². The van der Waals surface area contributed by atoms with E-state index >= 15 is 0 Å². The van der Waals surface area contributed by atoms with Gasteiger partial charge in [-0.1, -0.05) is 19.9 Å². The van der Waals surface area contributed by atoms with E-state index in [0.717, 1.165) is 41.4 Å². The van der Waals surface area contributed by atoms with Gasteiger partial charge in [-0.3, -0.25) is 4.68 Å². The lowest BCUT2D eigenvalue weighted by Gasteiger charge is -2.14. The van der Waals surface area contributed by atoms with Crippen LogP contribution < -0.4 is 10.6 Å². The Morgan fingerprint density at radius 2 is 2.03 bits per heavy atom. The van der Waals surface area contributed by atoms with Gasteiger partial charge in [0.25, 0.3) is 0 Å². The molecule has 1 fully saturated rings. The Bertz CT molecular complexity index is 1040. The normalized spacial score (nSPS) is 19.0. The summed E-state index contributed by atoms with van der Waals surface area (Å²) in [5.41, 5.74) is 4.06. The molecule has 1 saturated carbocycles. The number of amides is 1. The highest BCUT2D eigenvalue weighted by Gasteiger charge is 2.26. The quantitative estimate of drug-likeness (QED) is 0.609. The van der Waals surface area contributed by atoms with Crippen LogP contribution in [0.15, 0.2) is 30.5 Å². The molecular formula is C21H26N6O2. The Labute approximate surface area is 169 Å². The standard InChI is InChI=1S/C21H26N6O2/c1-12(2)19-16-10-13(4-7-18(16)26-27(19)3)17-8-9-22-20(25-17)23-14-5-6-15(11-14)24-21(28)29/h4,7-10,12,14-15,24H,5-6,11H2,1-3H3,(H,28,29)(H,22,23,25). The third kappa shape index (κ3) is 4.01. The Kier molecular flexibility index (Phi) is 5.08. The van der Waals surface area contributed by atoms with Crippen LogP contribution in [0.2, 0.25) is 0 Å². The van der Waals surface area contributed by atoms with Gasteiger partial charge in [-0.15, -0.1) is 0 Å². The van der Waals surface area contributed by atoms with E-state index in [1.165, 1.54) is 5.69 Å². The van der Waals surface area contributed by atoms with Crippen molar-refractivity contribution in [3.05, 3.63) is 36.2 Å². The fourth-order valence-electron chi connectivity index (χ4n) is 4.25. The minimum Gasteiger partial charge on any atom is -0.465 e. The average molecular weight is 394 g/mol. The summed E-state index contributed by atoms with van der Waals surface area (Å²) in [5, 5.41) is 20.5. The second-order valence-electron chi connectivity index (χ2n) is 7.96. The van der Waals surface area contributed by atoms with E-state index in [9.17, 15) is 4.79 Å². The van der Waals surface area contributed by atoms with Crippen LogP contribution in [0, 0.1) is 0 Å². The molecule has 3 aromatic rings. The van der Waals surface area contributed by atoms with Crippen molar-refractivity contribution in [3.63, 3.8) is 0 Å². The fraction of sp³-hybridized carbons (Fsp3) is 0.429. The van der Waals surface area contributed by atoms with Crippen molar-refractivity contribution >= 4 is 22.9 Å². The molecule has 0 radical (unpaired) electrons. The van der Waals surface area contributed by atoms with Gasteiger partial charge in [0.2, 0.25) is 5.95 Å². The Morgan fingerprint density at radius 1 is 1.24 bits per heavy atom. The van der Waals surface area contributed by atoms with E-state index in [1.807, 2.05) is 29.9 Å². The summed E-state index contributed by atoms with van der Waals surface area (Å²) < 4.78 is 1.95. The van der Waals surface area contributed by atoms with Crippen LogP contribution in [-0.4, -0.2) is 43.0 Å². The lowest BCUT2D eigenvalue weighted by atomic mass is 10.0. The highest BCUT2D eigenvalue weighted by molar-refractivity contribution is 5.86. The van der Waals surface area contributed by atoms with Crippen LogP contribution >= 0.6 is 0 Å². The summed E-state index contributed by atoms with van der Waals surface area (Å²) in [6, 6.07) is 8.26. The molecule has 4 rings (SSSR count). The molecule has 1 amide bonds. The highest BCUT2D eigenvalue weighted by Crippen LogP contribution is 2.29. The zero-order valence-corrected chi connectivity index (χ0v) is 16.9. The number of hydrogen-bond donors (Lipinski definition) is 3. The van der Waals surface area contributed by atoms with Crippen LogP contribution in [0.25, 0.3) is 22.2 Å². The molecule has 1 aliphatic rings. The fourth-order valence-corrected chi connectivity index (χ4v) is 4.25. The summed E-state index contributed by atoms with van der Waals surface area (Å²) in [6.45, 7) is 4.34. The van der Waals surface area contributed by atoms with Crippen molar-refractivity contribution in [2.24, 2.45) is 7.05 Å². The topological polar surface area (TPSA) is 105 Å². The predicted octanol–water partition coefficient (Wildman–Crippen LogP) is 3.75. The lowest BCUT2D eigenvalue weighted by Crippen LogP contribution is -2.32. The van der Waals surface area contributed by atoms with E-state index in [2.05, 4.69) is 40.6 Å². The maximum absolute atomic E-state index is 10.8. The molecule has 0 spiro atoms. The summed E-state index contributed by atoms with van der Waals surface area (Å²) in [7, 11) is 1.98. The van der Waals surface area contributed by atoms with Crippen molar-refractivity contribution in [1.82, 2.24) is 25.1 Å². The van der Waals surface area contributed by atoms with Gasteiger partial charge in [0.05, 0.1) is 11.2 Å². The van der Waals surface area contributed by atoms with Crippen LogP contribution in [0.5, 0.6) is 0 Å². The van der Waals surface area contributed by atoms with Gasteiger partial charge >= 0.3 is 6.09 Å². The van der Waals surface area contributed by atoms with Crippen molar-refractivity contribution in [1.29, 1.82) is 0 Å². The molecule has 2 aromatic heterocycles. The number of aromatic nitrogens is 4. The number of nitrogens with zero attached hydrogens (tertiary/aromatic N) is 4. The zero-order chi connectivity index (χ0) is 20.5. The predicted molar refractivity (Wildman–Crippen MR) is 112 cm³/mol. The maximum atomic E-state index is 10.8. The first-order chi connectivity index (χ1) is 13.9. The van der Waals surface area contributed by atoms with Crippen molar-refractivity contribution in [2.45, 2.75) is 51.1 Å². The van der Waals surface area contributed by atoms with Gasteiger partial charge in [0.1, 0.15) is 0 Å².